The highest BCUT2D eigenvalue weighted by Gasteiger charge is 2.35. The zero-order valence-electron chi connectivity index (χ0n) is 11.9. The van der Waals surface area contributed by atoms with Crippen molar-refractivity contribution in [1.29, 1.82) is 0 Å². The molecule has 0 spiro atoms. The molecule has 1 fully saturated rings. The molecule has 20 heavy (non-hydrogen) atoms. The van der Waals surface area contributed by atoms with Gasteiger partial charge in [-0.15, -0.1) is 11.6 Å². The quantitative estimate of drug-likeness (QED) is 0.782. The number of halogens is 1. The fourth-order valence-electron chi connectivity index (χ4n) is 2.34. The molecule has 1 aliphatic rings. The van der Waals surface area contributed by atoms with E-state index in [0.717, 1.165) is 0 Å². The predicted octanol–water partition coefficient (Wildman–Crippen LogP) is 1.23. The Morgan fingerprint density at radius 1 is 1.50 bits per heavy atom. The van der Waals surface area contributed by atoms with E-state index in [1.54, 1.807) is 13.1 Å². The van der Waals surface area contributed by atoms with Crippen molar-refractivity contribution < 1.29 is 13.2 Å². The van der Waals surface area contributed by atoms with Crippen LogP contribution in [-0.4, -0.2) is 53.5 Å². The summed E-state index contributed by atoms with van der Waals surface area (Å²) in [5.74, 6) is 0.972. The number of hydrogen-bond acceptors (Lipinski definition) is 4. The van der Waals surface area contributed by atoms with Gasteiger partial charge < -0.3 is 9.30 Å². The molecule has 6 nitrogen and oxygen atoms in total. The molecule has 2 atom stereocenters. The molecule has 0 bridgehead atoms. The Labute approximate surface area is 124 Å². The van der Waals surface area contributed by atoms with Crippen LogP contribution >= 0.6 is 11.6 Å². The molecule has 114 valence electrons. The zero-order valence-corrected chi connectivity index (χ0v) is 13.5. The van der Waals surface area contributed by atoms with E-state index >= 15 is 0 Å². The van der Waals surface area contributed by atoms with Gasteiger partial charge in [-0.05, 0) is 20.8 Å². The lowest BCUT2D eigenvalue weighted by Gasteiger charge is -2.34. The molecule has 1 aromatic heterocycles. The Balaban J connectivity index is 2.29. The van der Waals surface area contributed by atoms with E-state index in [-0.39, 0.29) is 29.7 Å². The first-order valence-electron chi connectivity index (χ1n) is 6.63. The van der Waals surface area contributed by atoms with Gasteiger partial charge in [-0.25, -0.2) is 13.4 Å². The number of rotatable bonds is 4. The van der Waals surface area contributed by atoms with Crippen molar-refractivity contribution in [3.63, 3.8) is 0 Å². The van der Waals surface area contributed by atoms with Crippen LogP contribution in [0.2, 0.25) is 0 Å². The predicted molar refractivity (Wildman–Crippen MR) is 76.5 cm³/mol. The van der Waals surface area contributed by atoms with Crippen LogP contribution in [-0.2, 0) is 21.3 Å². The SMILES string of the molecule is CCn1cc(S(=O)(=O)N2CC(C)OC(CCl)C2)nc1C. The largest absolute Gasteiger partial charge is 0.371 e. The molecule has 8 heteroatoms. The number of aryl methyl sites for hydroxylation is 2. The molecule has 1 aromatic rings. The minimum atomic E-state index is -3.59. The van der Waals surface area contributed by atoms with E-state index < -0.39 is 10.0 Å². The standard InChI is InChI=1S/C12H20ClN3O3S/c1-4-15-8-12(14-10(15)3)20(17,18)16-6-9(2)19-11(5-13)7-16/h8-9,11H,4-7H2,1-3H3. The van der Waals surface area contributed by atoms with E-state index in [1.165, 1.54) is 4.31 Å². The average Bonchev–Trinajstić information content (AvgIpc) is 2.79. The normalized spacial score (nSPS) is 25.0. The van der Waals surface area contributed by atoms with E-state index in [4.69, 9.17) is 16.3 Å². The number of imidazole rings is 1. The van der Waals surface area contributed by atoms with Gasteiger partial charge in [0, 0.05) is 31.7 Å². The monoisotopic (exact) mass is 321 g/mol. The fraction of sp³-hybridized carbons (Fsp3) is 0.750. The molecule has 2 heterocycles. The average molecular weight is 322 g/mol. The molecular formula is C12H20ClN3O3S. The zero-order chi connectivity index (χ0) is 14.9. The molecule has 0 saturated carbocycles. The highest BCUT2D eigenvalue weighted by Crippen LogP contribution is 2.21. The van der Waals surface area contributed by atoms with Gasteiger partial charge in [0.2, 0.25) is 0 Å². The van der Waals surface area contributed by atoms with E-state index in [0.29, 0.717) is 18.9 Å². The van der Waals surface area contributed by atoms with Gasteiger partial charge in [0.25, 0.3) is 10.0 Å². The van der Waals surface area contributed by atoms with Crippen molar-refractivity contribution >= 4 is 21.6 Å². The number of hydrogen-bond donors (Lipinski definition) is 0. The summed E-state index contributed by atoms with van der Waals surface area (Å²) in [5.41, 5.74) is 0. The van der Waals surface area contributed by atoms with Gasteiger partial charge in [0.15, 0.2) is 5.03 Å². The molecule has 0 amide bonds. The highest BCUT2D eigenvalue weighted by atomic mass is 35.5. The van der Waals surface area contributed by atoms with E-state index in [1.807, 2.05) is 18.4 Å². The van der Waals surface area contributed by atoms with Crippen LogP contribution in [0.5, 0.6) is 0 Å². The number of morpholine rings is 1. The van der Waals surface area contributed by atoms with Crippen molar-refractivity contribution in [3.8, 4) is 0 Å². The van der Waals surface area contributed by atoms with Crippen LogP contribution in [0.25, 0.3) is 0 Å². The minimum Gasteiger partial charge on any atom is -0.371 e. The lowest BCUT2D eigenvalue weighted by molar-refractivity contribution is -0.0423. The van der Waals surface area contributed by atoms with Crippen LogP contribution in [0.15, 0.2) is 11.2 Å². The summed E-state index contributed by atoms with van der Waals surface area (Å²) >= 11 is 5.79. The van der Waals surface area contributed by atoms with Crippen LogP contribution < -0.4 is 0 Å². The van der Waals surface area contributed by atoms with Crippen LogP contribution in [0.4, 0.5) is 0 Å². The van der Waals surface area contributed by atoms with Crippen LogP contribution in [0.1, 0.15) is 19.7 Å². The molecule has 0 aromatic carbocycles. The third kappa shape index (κ3) is 3.00. The lowest BCUT2D eigenvalue weighted by atomic mass is 10.3. The van der Waals surface area contributed by atoms with Crippen LogP contribution in [0.3, 0.4) is 0 Å². The molecule has 2 rings (SSSR count). The van der Waals surface area contributed by atoms with Crippen molar-refractivity contribution in [2.75, 3.05) is 19.0 Å². The van der Waals surface area contributed by atoms with Gasteiger partial charge in [0.1, 0.15) is 5.82 Å². The Morgan fingerprint density at radius 3 is 2.75 bits per heavy atom. The fourth-order valence-corrected chi connectivity index (χ4v) is 4.05. The first-order chi connectivity index (χ1) is 9.38. The Hall–Kier alpha value is -0.630. The summed E-state index contributed by atoms with van der Waals surface area (Å²) in [4.78, 5) is 4.16. The number of alkyl halides is 1. The third-order valence-corrected chi connectivity index (χ3v) is 5.41. The second-order valence-electron chi connectivity index (χ2n) is 4.96. The second-order valence-corrected chi connectivity index (χ2v) is 7.15. The van der Waals surface area contributed by atoms with Gasteiger partial charge >= 0.3 is 0 Å². The van der Waals surface area contributed by atoms with Crippen molar-refractivity contribution in [2.24, 2.45) is 0 Å². The molecule has 0 radical (unpaired) electrons. The van der Waals surface area contributed by atoms with Gasteiger partial charge in [-0.1, -0.05) is 0 Å². The Kier molecular flexibility index (Phi) is 4.73. The molecule has 2 unspecified atom stereocenters. The lowest BCUT2D eigenvalue weighted by Crippen LogP contribution is -2.49. The number of nitrogens with zero attached hydrogens (tertiary/aromatic N) is 3. The summed E-state index contributed by atoms with van der Waals surface area (Å²) in [7, 11) is -3.59. The second kappa shape index (κ2) is 6.01. The maximum atomic E-state index is 12.6. The molecule has 1 aliphatic heterocycles. The van der Waals surface area contributed by atoms with Gasteiger partial charge in [-0.2, -0.15) is 4.31 Å². The number of sulfonamides is 1. The maximum absolute atomic E-state index is 12.6. The summed E-state index contributed by atoms with van der Waals surface area (Å²) < 4.78 is 34.1. The van der Waals surface area contributed by atoms with Crippen molar-refractivity contribution in [1.82, 2.24) is 13.9 Å². The maximum Gasteiger partial charge on any atom is 0.262 e. The summed E-state index contributed by atoms with van der Waals surface area (Å²) in [6.45, 7) is 6.88. The van der Waals surface area contributed by atoms with Gasteiger partial charge in [0.05, 0.1) is 12.2 Å². The van der Waals surface area contributed by atoms with Crippen LogP contribution in [0, 0.1) is 6.92 Å². The topological polar surface area (TPSA) is 64.4 Å². The van der Waals surface area contributed by atoms with Gasteiger partial charge in [-0.3, -0.25) is 0 Å². The first kappa shape index (κ1) is 15.8. The van der Waals surface area contributed by atoms with Crippen molar-refractivity contribution in [2.45, 2.75) is 44.5 Å². The third-order valence-electron chi connectivity index (χ3n) is 3.36. The molecule has 0 aliphatic carbocycles. The van der Waals surface area contributed by atoms with E-state index in [9.17, 15) is 8.42 Å². The molecular weight excluding hydrogens is 302 g/mol. The van der Waals surface area contributed by atoms with E-state index in [2.05, 4.69) is 4.98 Å². The Morgan fingerprint density at radius 2 is 2.20 bits per heavy atom. The minimum absolute atomic E-state index is 0.0965. The number of ether oxygens (including phenoxy) is 1. The highest BCUT2D eigenvalue weighted by molar-refractivity contribution is 7.89. The van der Waals surface area contributed by atoms with Crippen molar-refractivity contribution in [3.05, 3.63) is 12.0 Å². The Bertz CT molecular complexity index is 573. The smallest absolute Gasteiger partial charge is 0.262 e. The number of aromatic nitrogens is 2. The molecule has 1 saturated heterocycles. The first-order valence-corrected chi connectivity index (χ1v) is 8.61. The summed E-state index contributed by atoms with van der Waals surface area (Å²) in [5, 5.41) is 0.0965. The summed E-state index contributed by atoms with van der Waals surface area (Å²) in [6, 6.07) is 0. The molecule has 0 N–H and O–H groups in total. The summed E-state index contributed by atoms with van der Waals surface area (Å²) in [6.07, 6.45) is 1.14.